The van der Waals surface area contributed by atoms with Gasteiger partial charge in [0.25, 0.3) is 5.91 Å². The van der Waals surface area contributed by atoms with Crippen molar-refractivity contribution in [3.05, 3.63) is 70.1 Å². The number of amides is 1. The molecule has 1 N–H and O–H groups in total. The lowest BCUT2D eigenvalue weighted by Gasteiger charge is -2.12. The van der Waals surface area contributed by atoms with Crippen LogP contribution in [0.5, 0.6) is 5.75 Å². The number of nitrogens with zero attached hydrogens (tertiary/aromatic N) is 3. The summed E-state index contributed by atoms with van der Waals surface area (Å²) in [6.45, 7) is 8.12. The van der Waals surface area contributed by atoms with E-state index in [2.05, 4.69) is 15.4 Å². The molecule has 0 saturated heterocycles. The van der Waals surface area contributed by atoms with E-state index in [1.54, 1.807) is 16.8 Å². The van der Waals surface area contributed by atoms with E-state index in [1.165, 1.54) is 0 Å². The highest BCUT2D eigenvalue weighted by molar-refractivity contribution is 6.33. The summed E-state index contributed by atoms with van der Waals surface area (Å²) in [5, 5.41) is 7.56. The Kier molecular flexibility index (Phi) is 5.99. The second kappa shape index (κ2) is 8.44. The summed E-state index contributed by atoms with van der Waals surface area (Å²) in [6.07, 6.45) is 0.0879. The Morgan fingerprint density at radius 2 is 2.00 bits per heavy atom. The Bertz CT molecular complexity index is 998. The maximum absolute atomic E-state index is 12.7. The van der Waals surface area contributed by atoms with Gasteiger partial charge in [0.1, 0.15) is 11.4 Å². The number of rotatable bonds is 6. The van der Waals surface area contributed by atoms with Crippen LogP contribution in [-0.4, -0.2) is 26.8 Å². The first kappa shape index (κ1) is 19.9. The monoisotopic (exact) mass is 398 g/mol. The van der Waals surface area contributed by atoms with Crippen molar-refractivity contribution in [1.82, 2.24) is 20.1 Å². The summed E-state index contributed by atoms with van der Waals surface area (Å²) in [6, 6.07) is 13.0. The number of hydrogen-bond acceptors (Lipinski definition) is 4. The molecule has 0 radical (unpaired) electrons. The minimum atomic E-state index is -0.344. The number of carbonyl (C=O) groups excluding carboxylic acids is 1. The molecule has 3 rings (SSSR count). The summed E-state index contributed by atoms with van der Waals surface area (Å²) < 4.78 is 7.38. The molecule has 1 aromatic carbocycles. The van der Waals surface area contributed by atoms with Crippen LogP contribution in [0.15, 0.2) is 42.5 Å². The zero-order valence-corrected chi connectivity index (χ0v) is 17.1. The van der Waals surface area contributed by atoms with Gasteiger partial charge in [0.05, 0.1) is 16.8 Å². The molecule has 0 aliphatic heterocycles. The number of benzene rings is 1. The summed E-state index contributed by atoms with van der Waals surface area (Å²) >= 11 is 6.21. The highest BCUT2D eigenvalue weighted by Gasteiger charge is 2.15. The van der Waals surface area contributed by atoms with Gasteiger partial charge in [-0.3, -0.25) is 4.79 Å². The van der Waals surface area contributed by atoms with Crippen LogP contribution in [-0.2, 0) is 6.54 Å². The number of aryl methyl sites for hydroxylation is 2. The fraction of sp³-hybridized carbons (Fsp3) is 0.286. The predicted molar refractivity (Wildman–Crippen MR) is 109 cm³/mol. The summed E-state index contributed by atoms with van der Waals surface area (Å²) in [5.74, 6) is 0.973. The molecule has 0 unspecified atom stereocenters. The highest BCUT2D eigenvalue weighted by Crippen LogP contribution is 2.19. The maximum atomic E-state index is 12.7. The van der Waals surface area contributed by atoms with Crippen molar-refractivity contribution in [3.63, 3.8) is 0 Å². The zero-order valence-electron chi connectivity index (χ0n) is 16.4. The number of halogens is 1. The normalized spacial score (nSPS) is 10.9. The largest absolute Gasteiger partial charge is 0.491 e. The molecule has 0 aliphatic carbocycles. The molecule has 2 aromatic heterocycles. The SMILES string of the molecule is Cc1cc(C)n(-c2ccc(Cl)c(C(=O)NCc3cccc(OC(C)C)c3)n2)n1. The average molecular weight is 399 g/mol. The Labute approximate surface area is 169 Å². The predicted octanol–water partition coefficient (Wildman–Crippen LogP) is 4.25. The molecule has 3 aromatic rings. The van der Waals surface area contributed by atoms with Crippen molar-refractivity contribution >= 4 is 17.5 Å². The van der Waals surface area contributed by atoms with Crippen LogP contribution in [0.25, 0.3) is 5.82 Å². The van der Waals surface area contributed by atoms with E-state index in [9.17, 15) is 4.79 Å². The van der Waals surface area contributed by atoms with Gasteiger partial charge in [0, 0.05) is 12.2 Å². The minimum absolute atomic E-state index is 0.0879. The van der Waals surface area contributed by atoms with Crippen LogP contribution in [0, 0.1) is 13.8 Å². The Hall–Kier alpha value is -2.86. The molecule has 0 saturated carbocycles. The van der Waals surface area contributed by atoms with Gasteiger partial charge in [-0.15, -0.1) is 0 Å². The third-order valence-corrected chi connectivity index (χ3v) is 4.30. The third-order valence-electron chi connectivity index (χ3n) is 4.00. The molecule has 0 atom stereocenters. The van der Waals surface area contributed by atoms with E-state index < -0.39 is 0 Å². The Balaban J connectivity index is 1.76. The van der Waals surface area contributed by atoms with Gasteiger partial charge < -0.3 is 10.1 Å². The summed E-state index contributed by atoms with van der Waals surface area (Å²) in [4.78, 5) is 17.1. The van der Waals surface area contributed by atoms with Crippen LogP contribution >= 0.6 is 11.6 Å². The molecule has 1 amide bonds. The molecular formula is C21H23ClN4O2. The van der Waals surface area contributed by atoms with Crippen molar-refractivity contribution < 1.29 is 9.53 Å². The molecule has 0 bridgehead atoms. The van der Waals surface area contributed by atoms with E-state index in [0.29, 0.717) is 17.4 Å². The van der Waals surface area contributed by atoms with Gasteiger partial charge in [0.2, 0.25) is 0 Å². The third kappa shape index (κ3) is 4.70. The second-order valence-electron chi connectivity index (χ2n) is 6.84. The second-order valence-corrected chi connectivity index (χ2v) is 7.24. The minimum Gasteiger partial charge on any atom is -0.491 e. The van der Waals surface area contributed by atoms with Crippen LogP contribution in [0.4, 0.5) is 0 Å². The molecule has 28 heavy (non-hydrogen) atoms. The number of pyridine rings is 1. The first-order valence-corrected chi connectivity index (χ1v) is 9.45. The summed E-state index contributed by atoms with van der Waals surface area (Å²) in [5.41, 5.74) is 2.91. The topological polar surface area (TPSA) is 69.0 Å². The van der Waals surface area contributed by atoms with Crippen molar-refractivity contribution in [2.24, 2.45) is 0 Å². The van der Waals surface area contributed by atoms with Crippen molar-refractivity contribution in [1.29, 1.82) is 0 Å². The van der Waals surface area contributed by atoms with Gasteiger partial charge >= 0.3 is 0 Å². The van der Waals surface area contributed by atoms with E-state index in [-0.39, 0.29) is 17.7 Å². The standard InChI is InChI=1S/C21H23ClN4O2/c1-13(2)28-17-7-5-6-16(11-17)12-23-21(27)20-18(22)8-9-19(24-20)26-15(4)10-14(3)25-26/h5-11,13H,12H2,1-4H3,(H,23,27). The molecule has 6 nitrogen and oxygen atoms in total. The number of aromatic nitrogens is 3. The lowest BCUT2D eigenvalue weighted by molar-refractivity contribution is 0.0946. The zero-order chi connectivity index (χ0) is 20.3. The van der Waals surface area contributed by atoms with Crippen LogP contribution in [0.1, 0.15) is 41.3 Å². The van der Waals surface area contributed by atoms with E-state index in [4.69, 9.17) is 16.3 Å². The van der Waals surface area contributed by atoms with Gasteiger partial charge in [-0.05, 0) is 63.6 Å². The summed E-state index contributed by atoms with van der Waals surface area (Å²) in [7, 11) is 0. The Morgan fingerprint density at radius 1 is 1.21 bits per heavy atom. The van der Waals surface area contributed by atoms with Gasteiger partial charge in [-0.1, -0.05) is 23.7 Å². The smallest absolute Gasteiger partial charge is 0.271 e. The molecule has 0 aliphatic rings. The lowest BCUT2D eigenvalue weighted by atomic mass is 10.2. The van der Waals surface area contributed by atoms with Crippen LogP contribution in [0.2, 0.25) is 5.02 Å². The number of carbonyl (C=O) groups is 1. The van der Waals surface area contributed by atoms with Crippen molar-refractivity contribution in [3.8, 4) is 11.6 Å². The molecule has 7 heteroatoms. The van der Waals surface area contributed by atoms with Crippen LogP contribution < -0.4 is 10.1 Å². The molecule has 0 fully saturated rings. The molecular weight excluding hydrogens is 376 g/mol. The fourth-order valence-electron chi connectivity index (χ4n) is 2.84. The van der Waals surface area contributed by atoms with E-state index >= 15 is 0 Å². The molecule has 146 valence electrons. The molecule has 0 spiro atoms. The molecule has 2 heterocycles. The lowest BCUT2D eigenvalue weighted by Crippen LogP contribution is -2.24. The van der Waals surface area contributed by atoms with Gasteiger partial charge in [-0.2, -0.15) is 5.10 Å². The van der Waals surface area contributed by atoms with E-state index in [0.717, 1.165) is 22.7 Å². The maximum Gasteiger partial charge on any atom is 0.271 e. The van der Waals surface area contributed by atoms with Crippen molar-refractivity contribution in [2.45, 2.75) is 40.3 Å². The first-order valence-electron chi connectivity index (χ1n) is 9.07. The fourth-order valence-corrected chi connectivity index (χ4v) is 3.03. The average Bonchev–Trinajstić information content (AvgIpc) is 2.98. The van der Waals surface area contributed by atoms with Gasteiger partial charge in [0.15, 0.2) is 5.82 Å². The number of ether oxygens (including phenoxy) is 1. The quantitative estimate of drug-likeness (QED) is 0.673. The first-order chi connectivity index (χ1) is 13.3. The van der Waals surface area contributed by atoms with E-state index in [1.807, 2.05) is 58.0 Å². The number of nitrogens with one attached hydrogen (secondary N) is 1. The van der Waals surface area contributed by atoms with Crippen LogP contribution in [0.3, 0.4) is 0 Å². The highest BCUT2D eigenvalue weighted by atomic mass is 35.5. The van der Waals surface area contributed by atoms with Crippen molar-refractivity contribution in [2.75, 3.05) is 0 Å². The van der Waals surface area contributed by atoms with Gasteiger partial charge in [-0.25, -0.2) is 9.67 Å². The number of hydrogen-bond donors (Lipinski definition) is 1. The Morgan fingerprint density at radius 3 is 2.68 bits per heavy atom.